The molecule has 0 spiro atoms. The Morgan fingerprint density at radius 1 is 0.636 bits per heavy atom. The third-order valence-corrected chi connectivity index (χ3v) is 6.42. The molecule has 176 valence electrons. The fraction of sp³-hybridized carbons (Fsp3) is 0.238. The van der Waals surface area contributed by atoms with E-state index in [4.69, 9.17) is 0 Å². The summed E-state index contributed by atoms with van der Waals surface area (Å²) in [5, 5.41) is 0. The molecule has 0 radical (unpaired) electrons. The summed E-state index contributed by atoms with van der Waals surface area (Å²) in [7, 11) is 1.34. The Hall–Kier alpha value is -3.93. The summed E-state index contributed by atoms with van der Waals surface area (Å²) >= 11 is 0. The van der Waals surface area contributed by atoms with Crippen LogP contribution in [0, 0.1) is 0 Å². The van der Waals surface area contributed by atoms with Crippen LogP contribution in [0.4, 0.5) is 5.69 Å². The number of hydrogen-bond donors (Lipinski definition) is 0. The molecule has 0 aromatic heterocycles. The highest BCUT2D eigenvalue weighted by Gasteiger charge is 2.28. The monoisotopic (exact) mass is 479 g/mol. The highest BCUT2D eigenvalue weighted by Crippen LogP contribution is 2.27. The second-order valence-electron chi connectivity index (χ2n) is 6.38. The van der Waals surface area contributed by atoms with Gasteiger partial charge in [-0.2, -0.15) is 0 Å². The van der Waals surface area contributed by atoms with Crippen LogP contribution < -0.4 is 4.31 Å². The van der Waals surface area contributed by atoms with Gasteiger partial charge in [-0.1, -0.05) is 0 Å². The van der Waals surface area contributed by atoms with Crippen molar-refractivity contribution in [1.29, 1.82) is 0 Å². The van der Waals surface area contributed by atoms with Crippen LogP contribution in [0.15, 0.2) is 41.3 Å². The zero-order valence-electron chi connectivity index (χ0n) is 18.4. The lowest BCUT2D eigenvalue weighted by Gasteiger charge is -2.21. The Kier molecular flexibility index (Phi) is 7.77. The summed E-state index contributed by atoms with van der Waals surface area (Å²) in [5.74, 6) is -3.48. The first kappa shape index (κ1) is 25.3. The first-order chi connectivity index (χ1) is 15.5. The highest BCUT2D eigenvalue weighted by atomic mass is 32.2. The van der Waals surface area contributed by atoms with Crippen LogP contribution in [-0.4, -0.2) is 67.8 Å². The Bertz CT molecular complexity index is 1220. The SMILES string of the molecule is COC(=O)c1ccc(N(C)S(=O)(=O)c2ccc(C(=O)OC)c(C(=O)OC)c2)cc1C(=O)OC. The fourth-order valence-corrected chi connectivity index (χ4v) is 4.06. The van der Waals surface area contributed by atoms with Gasteiger partial charge in [-0.15, -0.1) is 0 Å². The number of carbonyl (C=O) groups excluding carboxylic acids is 4. The summed E-state index contributed by atoms with van der Waals surface area (Å²) < 4.78 is 45.8. The minimum Gasteiger partial charge on any atom is -0.465 e. The van der Waals surface area contributed by atoms with Gasteiger partial charge in [0.1, 0.15) is 0 Å². The lowest BCUT2D eigenvalue weighted by molar-refractivity contribution is 0.0555. The predicted octanol–water partition coefficient (Wildman–Crippen LogP) is 1.66. The molecule has 2 aromatic carbocycles. The van der Waals surface area contributed by atoms with Crippen molar-refractivity contribution in [2.24, 2.45) is 0 Å². The average Bonchev–Trinajstić information content (AvgIpc) is 2.85. The second kappa shape index (κ2) is 10.1. The number of nitrogens with zero attached hydrogens (tertiary/aromatic N) is 1. The van der Waals surface area contributed by atoms with Crippen LogP contribution >= 0.6 is 0 Å². The van der Waals surface area contributed by atoms with Gasteiger partial charge in [0, 0.05) is 7.05 Å². The smallest absolute Gasteiger partial charge is 0.338 e. The summed E-state index contributed by atoms with van der Waals surface area (Å²) in [6.45, 7) is 0. The van der Waals surface area contributed by atoms with Crippen LogP contribution in [0.2, 0.25) is 0 Å². The molecule has 0 amide bonds. The van der Waals surface area contributed by atoms with Gasteiger partial charge in [0.25, 0.3) is 10.0 Å². The number of anilines is 1. The molecule has 0 unspecified atom stereocenters. The molecule has 0 N–H and O–H groups in total. The number of benzene rings is 2. The topological polar surface area (TPSA) is 143 Å². The van der Waals surface area contributed by atoms with Gasteiger partial charge in [-0.25, -0.2) is 27.6 Å². The second-order valence-corrected chi connectivity index (χ2v) is 8.35. The predicted molar refractivity (Wildman–Crippen MR) is 114 cm³/mol. The molecular formula is C21H21NO10S. The molecule has 0 bridgehead atoms. The molecular weight excluding hydrogens is 458 g/mol. The number of carbonyl (C=O) groups is 4. The van der Waals surface area contributed by atoms with Crippen molar-refractivity contribution < 1.29 is 46.5 Å². The summed E-state index contributed by atoms with van der Waals surface area (Å²) in [6.07, 6.45) is 0. The standard InChI is InChI=1S/C21H21NO10S/c1-22(12-6-8-14(18(23)29-2)16(10-12)20(25)31-4)33(27,28)13-7-9-15(19(24)30-3)17(11-13)21(26)32-5/h6-11H,1-5H3. The molecule has 11 nitrogen and oxygen atoms in total. The van der Waals surface area contributed by atoms with E-state index in [1.165, 1.54) is 19.2 Å². The lowest BCUT2D eigenvalue weighted by Crippen LogP contribution is -2.27. The van der Waals surface area contributed by atoms with Crippen molar-refractivity contribution in [3.05, 3.63) is 58.7 Å². The molecule has 0 fully saturated rings. The molecule has 0 aliphatic rings. The van der Waals surface area contributed by atoms with E-state index in [1.807, 2.05) is 0 Å². The zero-order valence-corrected chi connectivity index (χ0v) is 19.2. The third-order valence-electron chi connectivity index (χ3n) is 4.64. The Labute approximate surface area is 189 Å². The summed E-state index contributed by atoms with van der Waals surface area (Å²) in [6, 6.07) is 6.89. The fourth-order valence-electron chi connectivity index (χ4n) is 2.84. The van der Waals surface area contributed by atoms with Gasteiger partial charge >= 0.3 is 23.9 Å². The molecule has 0 atom stereocenters. The Morgan fingerprint density at radius 3 is 1.48 bits per heavy atom. The maximum atomic E-state index is 13.2. The molecule has 0 saturated carbocycles. The van der Waals surface area contributed by atoms with Gasteiger partial charge < -0.3 is 18.9 Å². The highest BCUT2D eigenvalue weighted by molar-refractivity contribution is 7.92. The molecule has 12 heteroatoms. The van der Waals surface area contributed by atoms with Crippen LogP contribution in [-0.2, 0) is 29.0 Å². The van der Waals surface area contributed by atoms with Crippen molar-refractivity contribution in [1.82, 2.24) is 0 Å². The normalized spacial score (nSPS) is 10.7. The van der Waals surface area contributed by atoms with Crippen molar-refractivity contribution in [2.45, 2.75) is 4.90 Å². The van der Waals surface area contributed by atoms with E-state index in [0.29, 0.717) is 0 Å². The number of methoxy groups -OCH3 is 4. The first-order valence-electron chi connectivity index (χ1n) is 9.13. The molecule has 0 heterocycles. The van der Waals surface area contributed by atoms with Gasteiger partial charge in [0.05, 0.1) is 61.3 Å². The van der Waals surface area contributed by atoms with Crippen molar-refractivity contribution >= 4 is 39.6 Å². The quantitative estimate of drug-likeness (QED) is 0.425. The van der Waals surface area contributed by atoms with Crippen molar-refractivity contribution in [3.8, 4) is 0 Å². The van der Waals surface area contributed by atoms with E-state index >= 15 is 0 Å². The Balaban J connectivity index is 2.61. The van der Waals surface area contributed by atoms with E-state index in [9.17, 15) is 27.6 Å². The number of rotatable bonds is 7. The molecule has 2 rings (SSSR count). The molecule has 0 saturated heterocycles. The van der Waals surface area contributed by atoms with Crippen LogP contribution in [0.25, 0.3) is 0 Å². The number of hydrogen-bond acceptors (Lipinski definition) is 10. The number of ether oxygens (including phenoxy) is 4. The zero-order chi connectivity index (χ0) is 24.9. The van der Waals surface area contributed by atoms with Gasteiger partial charge in [0.15, 0.2) is 0 Å². The largest absolute Gasteiger partial charge is 0.465 e. The summed E-state index contributed by atoms with van der Waals surface area (Å²) in [5.41, 5.74) is -0.800. The van der Waals surface area contributed by atoms with Crippen molar-refractivity contribution in [2.75, 3.05) is 39.8 Å². The lowest BCUT2D eigenvalue weighted by atomic mass is 10.1. The third kappa shape index (κ3) is 4.95. The molecule has 33 heavy (non-hydrogen) atoms. The first-order valence-corrected chi connectivity index (χ1v) is 10.6. The number of esters is 4. The van der Waals surface area contributed by atoms with E-state index in [2.05, 4.69) is 18.9 Å². The Morgan fingerprint density at radius 2 is 1.03 bits per heavy atom. The van der Waals surface area contributed by atoms with Crippen molar-refractivity contribution in [3.63, 3.8) is 0 Å². The van der Waals surface area contributed by atoms with Crippen LogP contribution in [0.1, 0.15) is 41.4 Å². The van der Waals surface area contributed by atoms with Gasteiger partial charge in [-0.05, 0) is 36.4 Å². The van der Waals surface area contributed by atoms with Crippen LogP contribution in [0.3, 0.4) is 0 Å². The van der Waals surface area contributed by atoms with E-state index in [0.717, 1.165) is 57.0 Å². The molecule has 2 aromatic rings. The molecule has 0 aliphatic carbocycles. The number of sulfonamides is 1. The maximum Gasteiger partial charge on any atom is 0.338 e. The van der Waals surface area contributed by atoms with E-state index in [1.54, 1.807) is 0 Å². The minimum absolute atomic E-state index is 0.0136. The molecule has 0 aliphatic heterocycles. The van der Waals surface area contributed by atoms with E-state index < -0.39 is 33.9 Å². The average molecular weight is 479 g/mol. The minimum atomic E-state index is -4.29. The van der Waals surface area contributed by atoms with E-state index in [-0.39, 0.29) is 32.8 Å². The maximum absolute atomic E-state index is 13.2. The summed E-state index contributed by atoms with van der Waals surface area (Å²) in [4.78, 5) is 47.8. The van der Waals surface area contributed by atoms with Crippen LogP contribution in [0.5, 0.6) is 0 Å². The van der Waals surface area contributed by atoms with Gasteiger partial charge in [-0.3, -0.25) is 4.31 Å². The van der Waals surface area contributed by atoms with Gasteiger partial charge in [0.2, 0.25) is 0 Å².